The fraction of sp³-hybridized carbons (Fsp3) is 0.100. The van der Waals surface area contributed by atoms with E-state index in [4.69, 9.17) is 7.85 Å². The van der Waals surface area contributed by atoms with Crippen molar-refractivity contribution in [2.75, 3.05) is 0 Å². The number of nitrogens with zero attached hydrogens (tertiary/aromatic N) is 1. The van der Waals surface area contributed by atoms with Crippen molar-refractivity contribution in [1.29, 1.82) is 0 Å². The number of hydrogen-bond donors (Lipinski definition) is 1. The van der Waals surface area contributed by atoms with E-state index in [-0.39, 0.29) is 11.2 Å². The second kappa shape index (κ2) is 3.70. The summed E-state index contributed by atoms with van der Waals surface area (Å²) in [5, 5.41) is 5.49. The van der Waals surface area contributed by atoms with Crippen molar-refractivity contribution in [3.63, 3.8) is 0 Å². The lowest BCUT2D eigenvalue weighted by atomic mass is 9.90. The first-order valence-corrected chi connectivity index (χ1v) is 4.46. The van der Waals surface area contributed by atoms with Crippen LogP contribution in [0.25, 0.3) is 11.3 Å². The minimum Gasteiger partial charge on any atom is -0.274 e. The SMILES string of the molecule is [B]c1c(-c2ccccc2)n[nH]c1C(F)(F)F. The van der Waals surface area contributed by atoms with Crippen molar-refractivity contribution in [2.45, 2.75) is 6.18 Å². The highest BCUT2D eigenvalue weighted by Crippen LogP contribution is 2.28. The molecule has 0 fully saturated rings. The lowest BCUT2D eigenvalue weighted by Gasteiger charge is -2.04. The largest absolute Gasteiger partial charge is 0.432 e. The maximum Gasteiger partial charge on any atom is 0.432 e. The third kappa shape index (κ3) is 1.82. The van der Waals surface area contributed by atoms with Crippen molar-refractivity contribution >= 4 is 13.3 Å². The summed E-state index contributed by atoms with van der Waals surface area (Å²) in [6.45, 7) is 0. The Morgan fingerprint density at radius 1 is 1.12 bits per heavy atom. The van der Waals surface area contributed by atoms with E-state index >= 15 is 0 Å². The van der Waals surface area contributed by atoms with Crippen LogP contribution < -0.4 is 5.46 Å². The van der Waals surface area contributed by atoms with Gasteiger partial charge in [0.1, 0.15) is 13.5 Å². The predicted molar refractivity (Wildman–Crippen MR) is 54.4 cm³/mol. The van der Waals surface area contributed by atoms with Gasteiger partial charge in [0, 0.05) is 5.56 Å². The van der Waals surface area contributed by atoms with Gasteiger partial charge in [0.2, 0.25) is 0 Å². The maximum absolute atomic E-state index is 12.4. The maximum atomic E-state index is 12.4. The van der Waals surface area contributed by atoms with E-state index in [2.05, 4.69) is 5.10 Å². The highest BCUT2D eigenvalue weighted by molar-refractivity contribution is 6.36. The van der Waals surface area contributed by atoms with Crippen LogP contribution in [0.2, 0.25) is 0 Å². The van der Waals surface area contributed by atoms with Crippen molar-refractivity contribution < 1.29 is 13.2 Å². The fourth-order valence-corrected chi connectivity index (χ4v) is 1.38. The Bertz CT molecular complexity index is 491. The van der Waals surface area contributed by atoms with Crippen LogP contribution in [0.4, 0.5) is 13.2 Å². The molecule has 0 spiro atoms. The number of alkyl halides is 3. The summed E-state index contributed by atoms with van der Waals surface area (Å²) in [4.78, 5) is 0. The minimum atomic E-state index is -4.51. The highest BCUT2D eigenvalue weighted by Gasteiger charge is 2.35. The summed E-state index contributed by atoms with van der Waals surface area (Å²) in [7, 11) is 5.41. The van der Waals surface area contributed by atoms with Crippen LogP contribution in [-0.4, -0.2) is 18.0 Å². The van der Waals surface area contributed by atoms with E-state index in [1.165, 1.54) is 0 Å². The number of H-pyrrole nitrogens is 1. The normalized spacial score (nSPS) is 11.7. The number of rotatable bonds is 1. The minimum absolute atomic E-state index is 0.118. The molecule has 0 aliphatic heterocycles. The molecule has 2 radical (unpaired) electrons. The third-order valence-corrected chi connectivity index (χ3v) is 2.13. The molecule has 2 rings (SSSR count). The van der Waals surface area contributed by atoms with E-state index in [1.54, 1.807) is 30.3 Å². The molecule has 0 bridgehead atoms. The van der Waals surface area contributed by atoms with Crippen molar-refractivity contribution in [1.82, 2.24) is 10.2 Å². The number of halogens is 3. The molecule has 0 saturated carbocycles. The van der Waals surface area contributed by atoms with E-state index in [9.17, 15) is 13.2 Å². The molecule has 0 atom stereocenters. The van der Waals surface area contributed by atoms with Gasteiger partial charge in [-0.15, -0.1) is 0 Å². The summed E-state index contributed by atoms with van der Waals surface area (Å²) in [6, 6.07) is 8.46. The first kappa shape index (κ1) is 10.8. The van der Waals surface area contributed by atoms with E-state index in [0.29, 0.717) is 5.56 Å². The number of aromatic amines is 1. The summed E-state index contributed by atoms with van der Waals surface area (Å²) in [5.74, 6) is 0. The Morgan fingerprint density at radius 2 is 1.75 bits per heavy atom. The highest BCUT2D eigenvalue weighted by atomic mass is 19.4. The standard InChI is InChI=1S/C10H6BF3N2/c11-7-8(6-4-2-1-3-5-6)15-16-9(7)10(12,13)14/h1-5H,(H,15,16). The molecule has 1 heterocycles. The Morgan fingerprint density at radius 3 is 2.25 bits per heavy atom. The summed E-state index contributed by atoms with van der Waals surface area (Å²) >= 11 is 0. The van der Waals surface area contributed by atoms with Gasteiger partial charge in [-0.05, 0) is 5.46 Å². The van der Waals surface area contributed by atoms with E-state index in [0.717, 1.165) is 0 Å². The number of nitrogens with one attached hydrogen (secondary N) is 1. The predicted octanol–water partition coefficient (Wildman–Crippen LogP) is 1.89. The van der Waals surface area contributed by atoms with Crippen LogP contribution in [0.3, 0.4) is 0 Å². The Kier molecular flexibility index (Phi) is 2.49. The molecular formula is C10H6BF3N2. The van der Waals surface area contributed by atoms with Gasteiger partial charge in [-0.2, -0.15) is 18.3 Å². The number of aromatic nitrogens is 2. The van der Waals surface area contributed by atoms with Gasteiger partial charge in [-0.1, -0.05) is 30.3 Å². The molecule has 1 aromatic carbocycles. The monoisotopic (exact) mass is 222 g/mol. The van der Waals surface area contributed by atoms with E-state index in [1.807, 2.05) is 5.10 Å². The molecule has 80 valence electrons. The Labute approximate surface area is 90.9 Å². The molecule has 0 amide bonds. The average molecular weight is 222 g/mol. The fourth-order valence-electron chi connectivity index (χ4n) is 1.38. The Balaban J connectivity index is 2.50. The van der Waals surface area contributed by atoms with Crippen LogP contribution in [0.1, 0.15) is 5.69 Å². The van der Waals surface area contributed by atoms with Crippen molar-refractivity contribution in [3.05, 3.63) is 36.0 Å². The molecule has 2 aromatic rings. The molecular weight excluding hydrogens is 216 g/mol. The molecule has 16 heavy (non-hydrogen) atoms. The molecule has 0 saturated heterocycles. The molecule has 2 nitrogen and oxygen atoms in total. The number of hydrogen-bond acceptors (Lipinski definition) is 1. The second-order valence-electron chi connectivity index (χ2n) is 3.22. The molecule has 0 unspecified atom stereocenters. The zero-order chi connectivity index (χ0) is 11.8. The number of benzene rings is 1. The first-order chi connectivity index (χ1) is 7.50. The van der Waals surface area contributed by atoms with Gasteiger partial charge in [-0.25, -0.2) is 0 Å². The Hall–Kier alpha value is -1.72. The van der Waals surface area contributed by atoms with Gasteiger partial charge in [-0.3, -0.25) is 5.10 Å². The summed E-state index contributed by atoms with van der Waals surface area (Å²) in [5.41, 5.74) is -0.718. The van der Waals surface area contributed by atoms with Gasteiger partial charge < -0.3 is 0 Å². The van der Waals surface area contributed by atoms with Gasteiger partial charge in [0.15, 0.2) is 0 Å². The van der Waals surface area contributed by atoms with Gasteiger partial charge >= 0.3 is 6.18 Å². The molecule has 6 heteroatoms. The van der Waals surface area contributed by atoms with Gasteiger partial charge in [0.05, 0.1) is 5.69 Å². The summed E-state index contributed by atoms with van der Waals surface area (Å²) < 4.78 is 37.3. The lowest BCUT2D eigenvalue weighted by Crippen LogP contribution is -2.19. The smallest absolute Gasteiger partial charge is 0.274 e. The molecule has 0 aliphatic rings. The van der Waals surface area contributed by atoms with E-state index < -0.39 is 11.9 Å². The molecule has 0 aliphatic carbocycles. The zero-order valence-electron chi connectivity index (χ0n) is 8.05. The van der Waals surface area contributed by atoms with Crippen LogP contribution in [0.5, 0.6) is 0 Å². The molecule has 1 N–H and O–H groups in total. The van der Waals surface area contributed by atoms with Gasteiger partial charge in [0.25, 0.3) is 0 Å². The topological polar surface area (TPSA) is 28.7 Å². The quantitative estimate of drug-likeness (QED) is 0.733. The van der Waals surface area contributed by atoms with Crippen molar-refractivity contribution in [2.24, 2.45) is 0 Å². The average Bonchev–Trinajstić information content (AvgIpc) is 2.61. The third-order valence-electron chi connectivity index (χ3n) is 2.13. The summed E-state index contributed by atoms with van der Waals surface area (Å²) in [6.07, 6.45) is -4.51. The molecule has 1 aromatic heterocycles. The first-order valence-electron chi connectivity index (χ1n) is 4.46. The second-order valence-corrected chi connectivity index (χ2v) is 3.22. The van der Waals surface area contributed by atoms with Crippen LogP contribution in [0.15, 0.2) is 30.3 Å². The zero-order valence-corrected chi connectivity index (χ0v) is 8.05. The lowest BCUT2D eigenvalue weighted by molar-refractivity contribution is -0.140. The van der Waals surface area contributed by atoms with Crippen molar-refractivity contribution in [3.8, 4) is 11.3 Å². The van der Waals surface area contributed by atoms with Crippen LogP contribution >= 0.6 is 0 Å². The van der Waals surface area contributed by atoms with Crippen LogP contribution in [-0.2, 0) is 6.18 Å². The van der Waals surface area contributed by atoms with Crippen LogP contribution in [0, 0.1) is 0 Å².